The normalized spacial score (nSPS) is 63.3. The number of hydrogen-bond acceptors (Lipinski definition) is 3. The quantitative estimate of drug-likeness (QED) is 0.506. The number of fused-ring (bicyclic) bond motifs is 8. The summed E-state index contributed by atoms with van der Waals surface area (Å²) in [5.74, 6) is 6.44. The SMILES string of the molecule is C[C@H]1CC[C@@H]2C(C1)C[C@H]1[C@@H]3C[C@H]4[C@@H](C[C@H](O)[C@H]5C[C@@H](O)CC[C@@]54C)[C@@H]3CC[C@@H]1[C@]2(C)O. The van der Waals surface area contributed by atoms with Gasteiger partial charge in [0.15, 0.2) is 0 Å². The zero-order chi connectivity index (χ0) is 21.7. The van der Waals surface area contributed by atoms with E-state index in [9.17, 15) is 15.3 Å². The van der Waals surface area contributed by atoms with Crippen LogP contribution < -0.4 is 0 Å². The first-order valence-electron chi connectivity index (χ1n) is 13.8. The largest absolute Gasteiger partial charge is 0.393 e. The molecule has 3 N–H and O–H groups in total. The maximum Gasteiger partial charge on any atom is 0.0681 e. The summed E-state index contributed by atoms with van der Waals surface area (Å²) >= 11 is 0. The summed E-state index contributed by atoms with van der Waals surface area (Å²) in [5.41, 5.74) is -0.277. The summed E-state index contributed by atoms with van der Waals surface area (Å²) in [4.78, 5) is 0. The van der Waals surface area contributed by atoms with Crippen LogP contribution in [-0.4, -0.2) is 33.1 Å². The van der Waals surface area contributed by atoms with Crippen LogP contribution in [0.25, 0.3) is 0 Å². The zero-order valence-electron chi connectivity index (χ0n) is 20.0. The first-order chi connectivity index (χ1) is 14.7. The van der Waals surface area contributed by atoms with Crippen molar-refractivity contribution in [1.29, 1.82) is 0 Å². The lowest BCUT2D eigenvalue weighted by Gasteiger charge is -2.58. The first-order valence-corrected chi connectivity index (χ1v) is 13.8. The fraction of sp³-hybridized carbons (Fsp3) is 1.00. The van der Waals surface area contributed by atoms with Gasteiger partial charge in [-0.05, 0) is 136 Å². The van der Waals surface area contributed by atoms with E-state index in [1.807, 2.05) is 0 Å². The minimum absolute atomic E-state index is 0.202. The Bertz CT molecular complexity index is 704. The summed E-state index contributed by atoms with van der Waals surface area (Å²) < 4.78 is 0. The van der Waals surface area contributed by atoms with E-state index in [0.717, 1.165) is 55.3 Å². The monoisotopic (exact) mass is 430 g/mol. The smallest absolute Gasteiger partial charge is 0.0681 e. The molecule has 31 heavy (non-hydrogen) atoms. The second-order valence-electron chi connectivity index (χ2n) is 13.8. The van der Waals surface area contributed by atoms with Gasteiger partial charge in [0.1, 0.15) is 0 Å². The standard InChI is InChI=1S/C28H46O3/c1-15-4-6-22-16(10-15)11-20-19-13-24-21(18(19)5-7-23(20)28(22,3)31)14-26(30)25-12-17(29)8-9-27(24,25)2/h15-26,29-31H,4-14H2,1-3H3/t15-,16?,17-,18+,19+,20-,21-,22+,23-,24-,25+,26-,27+,28+/m0/s1. The molecule has 0 heterocycles. The average molecular weight is 431 g/mol. The molecule has 0 saturated heterocycles. The van der Waals surface area contributed by atoms with Crippen molar-refractivity contribution in [2.75, 3.05) is 0 Å². The Kier molecular flexibility index (Phi) is 4.97. The van der Waals surface area contributed by atoms with Crippen molar-refractivity contribution < 1.29 is 15.3 Å². The molecule has 6 aliphatic rings. The third-order valence-corrected chi connectivity index (χ3v) is 12.6. The van der Waals surface area contributed by atoms with Crippen LogP contribution in [0.2, 0.25) is 0 Å². The van der Waals surface area contributed by atoms with Gasteiger partial charge in [0.05, 0.1) is 17.8 Å². The first kappa shape index (κ1) is 21.4. The van der Waals surface area contributed by atoms with Crippen LogP contribution in [0.1, 0.15) is 91.4 Å². The molecule has 0 amide bonds. The highest BCUT2D eigenvalue weighted by atomic mass is 16.3. The highest BCUT2D eigenvalue weighted by molar-refractivity contribution is 5.13. The average Bonchev–Trinajstić information content (AvgIpc) is 3.09. The van der Waals surface area contributed by atoms with Crippen molar-refractivity contribution in [1.82, 2.24) is 0 Å². The second-order valence-corrected chi connectivity index (χ2v) is 13.8. The van der Waals surface area contributed by atoms with Gasteiger partial charge >= 0.3 is 0 Å². The number of aliphatic hydroxyl groups is 3. The molecule has 0 aromatic heterocycles. The van der Waals surface area contributed by atoms with Crippen molar-refractivity contribution in [3.05, 3.63) is 0 Å². The highest BCUT2D eigenvalue weighted by Gasteiger charge is 2.64. The molecule has 1 unspecified atom stereocenters. The molecular weight excluding hydrogens is 384 g/mol. The molecule has 176 valence electrons. The molecule has 0 bridgehead atoms. The molecule has 0 aromatic rings. The van der Waals surface area contributed by atoms with Crippen LogP contribution in [-0.2, 0) is 0 Å². The molecule has 0 aromatic carbocycles. The molecule has 0 radical (unpaired) electrons. The second kappa shape index (κ2) is 7.19. The fourth-order valence-electron chi connectivity index (χ4n) is 11.2. The molecule has 6 saturated carbocycles. The van der Waals surface area contributed by atoms with Gasteiger partial charge in [-0.25, -0.2) is 0 Å². The van der Waals surface area contributed by atoms with E-state index in [1.54, 1.807) is 0 Å². The third-order valence-electron chi connectivity index (χ3n) is 12.6. The topological polar surface area (TPSA) is 60.7 Å². The molecule has 0 spiro atoms. The molecule has 14 atom stereocenters. The molecule has 6 fully saturated rings. The van der Waals surface area contributed by atoms with E-state index in [1.165, 1.54) is 44.9 Å². The Morgan fingerprint density at radius 1 is 0.645 bits per heavy atom. The van der Waals surface area contributed by atoms with E-state index < -0.39 is 5.60 Å². The molecular formula is C28H46O3. The van der Waals surface area contributed by atoms with Crippen LogP contribution in [0.15, 0.2) is 0 Å². The minimum Gasteiger partial charge on any atom is -0.393 e. The minimum atomic E-state index is -0.479. The van der Waals surface area contributed by atoms with E-state index in [4.69, 9.17) is 0 Å². The maximum absolute atomic E-state index is 11.9. The summed E-state index contributed by atoms with van der Waals surface area (Å²) in [6, 6.07) is 0. The predicted molar refractivity (Wildman–Crippen MR) is 122 cm³/mol. The van der Waals surface area contributed by atoms with Gasteiger partial charge in [-0.15, -0.1) is 0 Å². The van der Waals surface area contributed by atoms with E-state index in [-0.39, 0.29) is 23.5 Å². The third kappa shape index (κ3) is 3.01. The lowest BCUT2D eigenvalue weighted by molar-refractivity contribution is -0.171. The van der Waals surface area contributed by atoms with Gasteiger partial charge < -0.3 is 15.3 Å². The zero-order valence-corrected chi connectivity index (χ0v) is 20.0. The van der Waals surface area contributed by atoms with Crippen molar-refractivity contribution in [3.63, 3.8) is 0 Å². The van der Waals surface area contributed by atoms with Gasteiger partial charge in [-0.3, -0.25) is 0 Å². The Hall–Kier alpha value is -0.120. The van der Waals surface area contributed by atoms with Crippen LogP contribution in [0.3, 0.4) is 0 Å². The Morgan fingerprint density at radius 3 is 2.19 bits per heavy atom. The lowest BCUT2D eigenvalue weighted by atomic mass is 9.49. The van der Waals surface area contributed by atoms with Crippen molar-refractivity contribution in [3.8, 4) is 0 Å². The van der Waals surface area contributed by atoms with Crippen molar-refractivity contribution >= 4 is 0 Å². The van der Waals surface area contributed by atoms with E-state index in [2.05, 4.69) is 20.8 Å². The number of aliphatic hydroxyl groups excluding tert-OH is 2. The maximum atomic E-state index is 11.9. The summed E-state index contributed by atoms with van der Waals surface area (Å²) in [6.07, 6.45) is 12.4. The van der Waals surface area contributed by atoms with Gasteiger partial charge in [0, 0.05) is 0 Å². The molecule has 3 heteroatoms. The summed E-state index contributed by atoms with van der Waals surface area (Å²) in [5, 5.41) is 33.4. The predicted octanol–water partition coefficient (Wildman–Crippen LogP) is 5.02. The van der Waals surface area contributed by atoms with E-state index >= 15 is 0 Å². The molecule has 6 aliphatic carbocycles. The van der Waals surface area contributed by atoms with Crippen molar-refractivity contribution in [2.24, 2.45) is 64.6 Å². The Morgan fingerprint density at radius 2 is 1.39 bits per heavy atom. The molecule has 0 aliphatic heterocycles. The van der Waals surface area contributed by atoms with Gasteiger partial charge in [-0.2, -0.15) is 0 Å². The van der Waals surface area contributed by atoms with Crippen LogP contribution in [0.5, 0.6) is 0 Å². The van der Waals surface area contributed by atoms with Crippen molar-refractivity contribution in [2.45, 2.75) is 109 Å². The van der Waals surface area contributed by atoms with Crippen LogP contribution in [0, 0.1) is 64.6 Å². The fourth-order valence-corrected chi connectivity index (χ4v) is 11.2. The van der Waals surface area contributed by atoms with Gasteiger partial charge in [0.25, 0.3) is 0 Å². The number of hydrogen-bond donors (Lipinski definition) is 3. The number of rotatable bonds is 0. The van der Waals surface area contributed by atoms with Crippen LogP contribution >= 0.6 is 0 Å². The summed E-state index contributed by atoms with van der Waals surface area (Å²) in [7, 11) is 0. The summed E-state index contributed by atoms with van der Waals surface area (Å²) in [6.45, 7) is 7.10. The van der Waals surface area contributed by atoms with Gasteiger partial charge in [0.2, 0.25) is 0 Å². The highest BCUT2D eigenvalue weighted by Crippen LogP contribution is 2.68. The van der Waals surface area contributed by atoms with Crippen LogP contribution in [0.4, 0.5) is 0 Å². The van der Waals surface area contributed by atoms with Gasteiger partial charge in [-0.1, -0.05) is 20.3 Å². The Balaban J connectivity index is 1.30. The molecule has 3 nitrogen and oxygen atoms in total. The Labute approximate surface area is 189 Å². The van der Waals surface area contributed by atoms with E-state index in [0.29, 0.717) is 23.7 Å². The molecule has 6 rings (SSSR count). The lowest BCUT2D eigenvalue weighted by Crippen LogP contribution is -2.57.